The lowest BCUT2D eigenvalue weighted by Gasteiger charge is -2.30. The lowest BCUT2D eigenvalue weighted by atomic mass is 9.91. The normalized spacial score (nSPS) is 31.5. The van der Waals surface area contributed by atoms with Crippen molar-refractivity contribution >= 4 is 6.09 Å². The maximum atomic E-state index is 12.3. The third kappa shape index (κ3) is 4.61. The molecule has 1 N–H and O–H groups in total. The molecule has 0 aromatic heterocycles. The van der Waals surface area contributed by atoms with Gasteiger partial charge >= 0.3 is 6.09 Å². The number of rotatable bonds is 3. The third-order valence-electron chi connectivity index (χ3n) is 4.95. The highest BCUT2D eigenvalue weighted by Crippen LogP contribution is 2.40. The Morgan fingerprint density at radius 2 is 2.00 bits per heavy atom. The molecule has 0 radical (unpaired) electrons. The molecule has 2 fully saturated rings. The van der Waals surface area contributed by atoms with E-state index < -0.39 is 5.60 Å². The SMILES string of the molecule is CC1CC(C)(C)CC1NCC1CCCN1C(=O)OC(C)(C)C. The van der Waals surface area contributed by atoms with Gasteiger partial charge in [0.15, 0.2) is 0 Å². The summed E-state index contributed by atoms with van der Waals surface area (Å²) in [5, 5.41) is 3.73. The molecule has 4 heteroatoms. The molecule has 1 saturated heterocycles. The first-order chi connectivity index (χ1) is 10.1. The first-order valence-corrected chi connectivity index (χ1v) is 8.80. The van der Waals surface area contributed by atoms with Gasteiger partial charge in [0, 0.05) is 25.2 Å². The van der Waals surface area contributed by atoms with E-state index in [9.17, 15) is 4.79 Å². The first-order valence-electron chi connectivity index (χ1n) is 8.80. The van der Waals surface area contributed by atoms with Crippen molar-refractivity contribution in [2.75, 3.05) is 13.1 Å². The highest BCUT2D eigenvalue weighted by molar-refractivity contribution is 5.69. The molecule has 1 aliphatic carbocycles. The molecule has 1 amide bonds. The van der Waals surface area contributed by atoms with Crippen molar-refractivity contribution in [3.05, 3.63) is 0 Å². The average Bonchev–Trinajstić information content (AvgIpc) is 2.88. The van der Waals surface area contributed by atoms with Gasteiger partial charge in [0.1, 0.15) is 5.60 Å². The molecule has 2 aliphatic rings. The van der Waals surface area contributed by atoms with E-state index >= 15 is 0 Å². The van der Waals surface area contributed by atoms with Crippen molar-refractivity contribution < 1.29 is 9.53 Å². The zero-order valence-electron chi connectivity index (χ0n) is 15.2. The molecular formula is C18H34N2O2. The van der Waals surface area contributed by atoms with E-state index in [1.54, 1.807) is 0 Å². The van der Waals surface area contributed by atoms with Crippen molar-refractivity contribution in [2.45, 2.75) is 84.9 Å². The van der Waals surface area contributed by atoms with Crippen molar-refractivity contribution in [1.29, 1.82) is 0 Å². The second-order valence-corrected chi connectivity index (χ2v) is 9.03. The minimum atomic E-state index is -0.415. The van der Waals surface area contributed by atoms with Crippen LogP contribution in [0.25, 0.3) is 0 Å². The summed E-state index contributed by atoms with van der Waals surface area (Å²) in [6, 6.07) is 0.863. The Balaban J connectivity index is 1.85. The van der Waals surface area contributed by atoms with Crippen LogP contribution in [0.4, 0.5) is 4.79 Å². The van der Waals surface area contributed by atoms with Crippen molar-refractivity contribution in [3.8, 4) is 0 Å². The van der Waals surface area contributed by atoms with Crippen LogP contribution >= 0.6 is 0 Å². The molecular weight excluding hydrogens is 276 g/mol. The largest absolute Gasteiger partial charge is 0.444 e. The number of nitrogens with one attached hydrogen (secondary N) is 1. The lowest BCUT2D eigenvalue weighted by molar-refractivity contribution is 0.0224. The molecule has 0 spiro atoms. The van der Waals surface area contributed by atoms with Gasteiger partial charge in [-0.05, 0) is 57.8 Å². The van der Waals surface area contributed by atoms with Crippen molar-refractivity contribution in [1.82, 2.24) is 10.2 Å². The van der Waals surface area contributed by atoms with E-state index in [4.69, 9.17) is 4.74 Å². The van der Waals surface area contributed by atoms with Crippen LogP contribution in [0.2, 0.25) is 0 Å². The highest BCUT2D eigenvalue weighted by Gasteiger charge is 2.38. The van der Waals surface area contributed by atoms with Gasteiger partial charge < -0.3 is 15.0 Å². The number of hydrogen-bond acceptors (Lipinski definition) is 3. The standard InChI is InChI=1S/C18H34N2O2/c1-13-10-18(5,6)11-15(13)19-12-14-8-7-9-20(14)16(21)22-17(2,3)4/h13-15,19H,7-12H2,1-6H3. The number of carbonyl (C=O) groups excluding carboxylic acids is 1. The van der Waals surface area contributed by atoms with Crippen LogP contribution in [0.15, 0.2) is 0 Å². The predicted octanol–water partition coefficient (Wildman–Crippen LogP) is 3.80. The Morgan fingerprint density at radius 1 is 1.32 bits per heavy atom. The van der Waals surface area contributed by atoms with Gasteiger partial charge in [-0.15, -0.1) is 0 Å². The number of amides is 1. The zero-order valence-corrected chi connectivity index (χ0v) is 15.2. The van der Waals surface area contributed by atoms with E-state index in [1.165, 1.54) is 12.8 Å². The Hall–Kier alpha value is -0.770. The second kappa shape index (κ2) is 6.38. The molecule has 3 atom stereocenters. The minimum Gasteiger partial charge on any atom is -0.444 e. The van der Waals surface area contributed by atoms with Gasteiger partial charge in [-0.25, -0.2) is 4.79 Å². The third-order valence-corrected chi connectivity index (χ3v) is 4.95. The lowest BCUT2D eigenvalue weighted by Crippen LogP contribution is -2.46. The fraction of sp³-hybridized carbons (Fsp3) is 0.944. The van der Waals surface area contributed by atoms with Crippen LogP contribution in [-0.2, 0) is 4.74 Å². The first kappa shape index (κ1) is 17.6. The molecule has 3 unspecified atom stereocenters. The Kier molecular flexibility index (Phi) is 5.10. The molecule has 4 nitrogen and oxygen atoms in total. The summed E-state index contributed by atoms with van der Waals surface area (Å²) in [6.07, 6.45) is 4.52. The maximum absolute atomic E-state index is 12.3. The van der Waals surface area contributed by atoms with Crippen LogP contribution in [-0.4, -0.2) is 41.8 Å². The van der Waals surface area contributed by atoms with Crippen LogP contribution < -0.4 is 5.32 Å². The molecule has 0 bridgehead atoms. The van der Waals surface area contributed by atoms with E-state index in [0.717, 1.165) is 25.9 Å². The van der Waals surface area contributed by atoms with Gasteiger partial charge in [0.05, 0.1) is 0 Å². The second-order valence-electron chi connectivity index (χ2n) is 9.03. The molecule has 2 rings (SSSR count). The molecule has 1 aliphatic heterocycles. The van der Waals surface area contributed by atoms with Crippen LogP contribution in [0.3, 0.4) is 0 Å². The van der Waals surface area contributed by atoms with Crippen LogP contribution in [0, 0.1) is 11.3 Å². The van der Waals surface area contributed by atoms with Gasteiger partial charge in [-0.2, -0.15) is 0 Å². The van der Waals surface area contributed by atoms with Crippen molar-refractivity contribution in [3.63, 3.8) is 0 Å². The monoisotopic (exact) mass is 310 g/mol. The number of likely N-dealkylation sites (tertiary alicyclic amines) is 1. The topological polar surface area (TPSA) is 41.6 Å². The van der Waals surface area contributed by atoms with Gasteiger partial charge in [0.25, 0.3) is 0 Å². The van der Waals surface area contributed by atoms with E-state index in [1.807, 2.05) is 25.7 Å². The number of carbonyl (C=O) groups is 1. The molecule has 0 aromatic carbocycles. The number of ether oxygens (including phenoxy) is 1. The Bertz CT molecular complexity index is 400. The smallest absolute Gasteiger partial charge is 0.410 e. The summed E-state index contributed by atoms with van der Waals surface area (Å²) in [7, 11) is 0. The fourth-order valence-electron chi connectivity index (χ4n) is 4.06. The van der Waals surface area contributed by atoms with Crippen molar-refractivity contribution in [2.24, 2.45) is 11.3 Å². The maximum Gasteiger partial charge on any atom is 0.410 e. The summed E-state index contributed by atoms with van der Waals surface area (Å²) in [5.74, 6) is 0.714. The molecule has 22 heavy (non-hydrogen) atoms. The zero-order chi connectivity index (χ0) is 16.5. The van der Waals surface area contributed by atoms with Crippen LogP contribution in [0.1, 0.15) is 67.2 Å². The Morgan fingerprint density at radius 3 is 2.55 bits per heavy atom. The summed E-state index contributed by atoms with van der Waals surface area (Å²) in [5.41, 5.74) is 0.0270. The molecule has 0 aromatic rings. The minimum absolute atomic E-state index is 0.156. The van der Waals surface area contributed by atoms with Gasteiger partial charge in [-0.1, -0.05) is 20.8 Å². The highest BCUT2D eigenvalue weighted by atomic mass is 16.6. The average molecular weight is 310 g/mol. The molecule has 1 saturated carbocycles. The predicted molar refractivity (Wildman–Crippen MR) is 89.9 cm³/mol. The number of nitrogens with zero attached hydrogens (tertiary/aromatic N) is 1. The van der Waals surface area contributed by atoms with Gasteiger partial charge in [0.2, 0.25) is 0 Å². The summed E-state index contributed by atoms with van der Waals surface area (Å²) in [6.45, 7) is 14.6. The Labute approximate surface area is 136 Å². The summed E-state index contributed by atoms with van der Waals surface area (Å²) < 4.78 is 5.54. The van der Waals surface area contributed by atoms with E-state index in [2.05, 4.69) is 26.1 Å². The van der Waals surface area contributed by atoms with E-state index in [-0.39, 0.29) is 12.1 Å². The fourth-order valence-corrected chi connectivity index (χ4v) is 4.06. The summed E-state index contributed by atoms with van der Waals surface area (Å²) >= 11 is 0. The number of hydrogen-bond donors (Lipinski definition) is 1. The van der Waals surface area contributed by atoms with Gasteiger partial charge in [-0.3, -0.25) is 0 Å². The molecule has 128 valence electrons. The van der Waals surface area contributed by atoms with Crippen LogP contribution in [0.5, 0.6) is 0 Å². The van der Waals surface area contributed by atoms with E-state index in [0.29, 0.717) is 17.4 Å². The molecule has 1 heterocycles. The summed E-state index contributed by atoms with van der Waals surface area (Å²) in [4.78, 5) is 14.2. The quantitative estimate of drug-likeness (QED) is 0.862.